The van der Waals surface area contributed by atoms with Gasteiger partial charge in [-0.25, -0.2) is 0 Å². The Morgan fingerprint density at radius 1 is 1.50 bits per heavy atom. The van der Waals surface area contributed by atoms with Crippen LogP contribution in [0.15, 0.2) is 18.2 Å². The highest BCUT2D eigenvalue weighted by atomic mass is 16.6. The van der Waals surface area contributed by atoms with E-state index in [0.29, 0.717) is 23.9 Å². The first-order valence-electron chi connectivity index (χ1n) is 5.63. The minimum atomic E-state index is 0.255. The van der Waals surface area contributed by atoms with Gasteiger partial charge in [0.2, 0.25) is 0 Å². The quantitative estimate of drug-likeness (QED) is 0.795. The SMILES string of the molecule is COc1cccc(CC(C)C2OC2C)c1O. The Kier molecular flexibility index (Phi) is 3.06. The van der Waals surface area contributed by atoms with Gasteiger partial charge in [0, 0.05) is 0 Å². The third-order valence-corrected chi connectivity index (χ3v) is 3.16. The molecular formula is C13H18O3. The first kappa shape index (κ1) is 11.3. The number of rotatable bonds is 4. The first-order chi connectivity index (χ1) is 7.63. The normalized spacial score (nSPS) is 25.2. The molecule has 3 heteroatoms. The van der Waals surface area contributed by atoms with E-state index in [1.165, 1.54) is 0 Å². The van der Waals surface area contributed by atoms with Crippen molar-refractivity contribution in [2.75, 3.05) is 7.11 Å². The highest BCUT2D eigenvalue weighted by Crippen LogP contribution is 2.35. The molecule has 1 aromatic carbocycles. The van der Waals surface area contributed by atoms with Crippen LogP contribution in [-0.4, -0.2) is 24.4 Å². The van der Waals surface area contributed by atoms with E-state index in [1.54, 1.807) is 13.2 Å². The van der Waals surface area contributed by atoms with Gasteiger partial charge in [-0.3, -0.25) is 0 Å². The predicted octanol–water partition coefficient (Wildman–Crippen LogP) is 2.37. The van der Waals surface area contributed by atoms with E-state index in [1.807, 2.05) is 12.1 Å². The summed E-state index contributed by atoms with van der Waals surface area (Å²) in [6, 6.07) is 5.60. The largest absolute Gasteiger partial charge is 0.504 e. The van der Waals surface area contributed by atoms with Crippen molar-refractivity contribution in [3.63, 3.8) is 0 Å². The van der Waals surface area contributed by atoms with Gasteiger partial charge < -0.3 is 14.6 Å². The van der Waals surface area contributed by atoms with Crippen molar-refractivity contribution < 1.29 is 14.6 Å². The molecule has 0 amide bonds. The Morgan fingerprint density at radius 2 is 2.19 bits per heavy atom. The van der Waals surface area contributed by atoms with Gasteiger partial charge in [-0.15, -0.1) is 0 Å². The molecule has 1 fully saturated rings. The Balaban J connectivity index is 2.09. The van der Waals surface area contributed by atoms with E-state index in [4.69, 9.17) is 9.47 Å². The number of aromatic hydroxyl groups is 1. The van der Waals surface area contributed by atoms with Crippen LogP contribution >= 0.6 is 0 Å². The lowest BCUT2D eigenvalue weighted by atomic mass is 9.96. The van der Waals surface area contributed by atoms with E-state index in [0.717, 1.165) is 12.0 Å². The molecule has 1 aliphatic rings. The number of methoxy groups -OCH3 is 1. The number of hydrogen-bond donors (Lipinski definition) is 1. The lowest BCUT2D eigenvalue weighted by Gasteiger charge is -2.12. The summed E-state index contributed by atoms with van der Waals surface area (Å²) in [4.78, 5) is 0. The van der Waals surface area contributed by atoms with Gasteiger partial charge in [0.05, 0.1) is 19.3 Å². The van der Waals surface area contributed by atoms with Crippen LogP contribution in [0, 0.1) is 5.92 Å². The van der Waals surface area contributed by atoms with Gasteiger partial charge in [0.1, 0.15) is 0 Å². The molecule has 0 aromatic heterocycles. The standard InChI is InChI=1S/C13H18O3/c1-8(13-9(2)16-13)7-10-5-4-6-11(15-3)12(10)14/h4-6,8-9,13-14H,7H2,1-3H3. The Morgan fingerprint density at radius 3 is 2.75 bits per heavy atom. The van der Waals surface area contributed by atoms with Crippen LogP contribution in [0.5, 0.6) is 11.5 Å². The molecule has 0 aliphatic carbocycles. The van der Waals surface area contributed by atoms with E-state index >= 15 is 0 Å². The monoisotopic (exact) mass is 222 g/mol. The second-order valence-electron chi connectivity index (χ2n) is 4.46. The van der Waals surface area contributed by atoms with E-state index in [9.17, 15) is 5.11 Å². The van der Waals surface area contributed by atoms with Crippen molar-refractivity contribution in [2.45, 2.75) is 32.5 Å². The maximum Gasteiger partial charge on any atom is 0.160 e. The van der Waals surface area contributed by atoms with Gasteiger partial charge in [-0.1, -0.05) is 19.1 Å². The molecule has 16 heavy (non-hydrogen) atoms. The fourth-order valence-corrected chi connectivity index (χ4v) is 2.16. The molecule has 1 heterocycles. The number of hydrogen-bond acceptors (Lipinski definition) is 3. The van der Waals surface area contributed by atoms with Crippen LogP contribution in [0.4, 0.5) is 0 Å². The molecule has 2 rings (SSSR count). The molecule has 0 spiro atoms. The van der Waals surface area contributed by atoms with Crippen molar-refractivity contribution in [1.82, 2.24) is 0 Å². The van der Waals surface area contributed by atoms with E-state index < -0.39 is 0 Å². The van der Waals surface area contributed by atoms with Gasteiger partial charge >= 0.3 is 0 Å². The summed E-state index contributed by atoms with van der Waals surface area (Å²) in [6.07, 6.45) is 1.52. The number of ether oxygens (including phenoxy) is 2. The summed E-state index contributed by atoms with van der Waals surface area (Å²) >= 11 is 0. The smallest absolute Gasteiger partial charge is 0.160 e. The van der Waals surface area contributed by atoms with Crippen molar-refractivity contribution >= 4 is 0 Å². The number of benzene rings is 1. The summed E-state index contributed by atoms with van der Waals surface area (Å²) < 4.78 is 10.5. The Bertz CT molecular complexity index is 375. The van der Waals surface area contributed by atoms with E-state index in [-0.39, 0.29) is 5.75 Å². The molecule has 1 aromatic rings. The lowest BCUT2D eigenvalue weighted by Crippen LogP contribution is -2.09. The summed E-state index contributed by atoms with van der Waals surface area (Å²) in [6.45, 7) is 4.22. The third-order valence-electron chi connectivity index (χ3n) is 3.16. The molecule has 88 valence electrons. The molecule has 1 saturated heterocycles. The maximum atomic E-state index is 9.94. The van der Waals surface area contributed by atoms with Gasteiger partial charge in [0.15, 0.2) is 11.5 Å². The molecule has 3 atom stereocenters. The number of phenolic OH excluding ortho intramolecular Hbond substituents is 1. The topological polar surface area (TPSA) is 42.0 Å². The van der Waals surface area contributed by atoms with Crippen molar-refractivity contribution in [3.05, 3.63) is 23.8 Å². The summed E-state index contributed by atoms with van der Waals surface area (Å²) in [5.74, 6) is 1.22. The van der Waals surface area contributed by atoms with Crippen LogP contribution in [0.1, 0.15) is 19.4 Å². The van der Waals surface area contributed by atoms with Crippen LogP contribution in [0.2, 0.25) is 0 Å². The second kappa shape index (κ2) is 4.34. The van der Waals surface area contributed by atoms with Crippen molar-refractivity contribution in [3.8, 4) is 11.5 Å². The number of phenols is 1. The van der Waals surface area contributed by atoms with Crippen LogP contribution in [-0.2, 0) is 11.2 Å². The van der Waals surface area contributed by atoms with Gasteiger partial charge in [-0.05, 0) is 30.9 Å². The Hall–Kier alpha value is -1.22. The molecule has 0 radical (unpaired) electrons. The molecular weight excluding hydrogens is 204 g/mol. The fraction of sp³-hybridized carbons (Fsp3) is 0.538. The van der Waals surface area contributed by atoms with Crippen molar-refractivity contribution in [1.29, 1.82) is 0 Å². The van der Waals surface area contributed by atoms with Gasteiger partial charge in [0.25, 0.3) is 0 Å². The minimum Gasteiger partial charge on any atom is -0.504 e. The highest BCUT2D eigenvalue weighted by molar-refractivity contribution is 5.45. The third kappa shape index (κ3) is 2.14. The molecule has 0 saturated carbocycles. The zero-order chi connectivity index (χ0) is 11.7. The van der Waals surface area contributed by atoms with Gasteiger partial charge in [-0.2, -0.15) is 0 Å². The zero-order valence-corrected chi connectivity index (χ0v) is 9.93. The Labute approximate surface area is 96.0 Å². The number of epoxide rings is 1. The highest BCUT2D eigenvalue weighted by Gasteiger charge is 2.38. The molecule has 0 bridgehead atoms. The summed E-state index contributed by atoms with van der Waals surface area (Å²) in [5.41, 5.74) is 0.926. The van der Waals surface area contributed by atoms with Crippen LogP contribution < -0.4 is 4.74 Å². The molecule has 1 N–H and O–H groups in total. The molecule has 3 nitrogen and oxygen atoms in total. The molecule has 1 aliphatic heterocycles. The zero-order valence-electron chi connectivity index (χ0n) is 9.93. The minimum absolute atomic E-state index is 0.255. The fourth-order valence-electron chi connectivity index (χ4n) is 2.16. The predicted molar refractivity (Wildman–Crippen MR) is 61.9 cm³/mol. The molecule has 3 unspecified atom stereocenters. The summed E-state index contributed by atoms with van der Waals surface area (Å²) in [7, 11) is 1.56. The maximum absolute atomic E-state index is 9.94. The van der Waals surface area contributed by atoms with Crippen LogP contribution in [0.3, 0.4) is 0 Å². The average molecular weight is 222 g/mol. The summed E-state index contributed by atoms with van der Waals surface area (Å²) in [5, 5.41) is 9.94. The van der Waals surface area contributed by atoms with Crippen LogP contribution in [0.25, 0.3) is 0 Å². The second-order valence-corrected chi connectivity index (χ2v) is 4.46. The lowest BCUT2D eigenvalue weighted by molar-refractivity contribution is 0.324. The van der Waals surface area contributed by atoms with Crippen molar-refractivity contribution in [2.24, 2.45) is 5.92 Å². The first-order valence-corrected chi connectivity index (χ1v) is 5.63. The number of para-hydroxylation sites is 1. The average Bonchev–Trinajstić information content (AvgIpc) is 2.99. The van der Waals surface area contributed by atoms with E-state index in [2.05, 4.69) is 13.8 Å².